The third-order valence-electron chi connectivity index (χ3n) is 10.9. The van der Waals surface area contributed by atoms with Gasteiger partial charge in [0.2, 0.25) is 0 Å². The molecular formula is C50H56. The summed E-state index contributed by atoms with van der Waals surface area (Å²) in [7, 11) is 0. The van der Waals surface area contributed by atoms with Gasteiger partial charge in [-0.25, -0.2) is 0 Å². The predicted octanol–water partition coefficient (Wildman–Crippen LogP) is 13.4. The molecular weight excluding hydrogens is 601 g/mol. The first kappa shape index (κ1) is 36.6. The van der Waals surface area contributed by atoms with E-state index in [2.05, 4.69) is 192 Å². The summed E-state index contributed by atoms with van der Waals surface area (Å²) >= 11 is 0. The SMILES string of the molecule is Cc1cc(C)c(C)c(C(c2ccccc2)c2cc(C)cc(C)c2C)c1.Cc1cc(C)c(C)c(C(c2ccccc2)c2cc(C)cc(C)c2C)c1. The normalized spacial score (nSPS) is 11.2. The lowest BCUT2D eigenvalue weighted by Crippen LogP contribution is -2.09. The molecule has 0 amide bonds. The fourth-order valence-corrected chi connectivity index (χ4v) is 7.83. The van der Waals surface area contributed by atoms with Crippen molar-refractivity contribution in [2.45, 2.75) is 94.9 Å². The summed E-state index contributed by atoms with van der Waals surface area (Å²) in [5.41, 5.74) is 24.9. The largest absolute Gasteiger partial charge is 0.0622 e. The van der Waals surface area contributed by atoms with Crippen LogP contribution < -0.4 is 0 Å². The predicted molar refractivity (Wildman–Crippen MR) is 217 cm³/mol. The van der Waals surface area contributed by atoms with Gasteiger partial charge < -0.3 is 0 Å². The van der Waals surface area contributed by atoms with Crippen molar-refractivity contribution in [2.24, 2.45) is 0 Å². The minimum Gasteiger partial charge on any atom is -0.0622 e. The molecule has 6 rings (SSSR count). The monoisotopic (exact) mass is 656 g/mol. The van der Waals surface area contributed by atoms with Crippen molar-refractivity contribution in [1.29, 1.82) is 0 Å². The van der Waals surface area contributed by atoms with E-state index in [9.17, 15) is 0 Å². The molecule has 0 fully saturated rings. The molecule has 0 atom stereocenters. The molecule has 0 saturated heterocycles. The number of hydrogen-bond donors (Lipinski definition) is 0. The van der Waals surface area contributed by atoms with Gasteiger partial charge in [0.15, 0.2) is 0 Å². The van der Waals surface area contributed by atoms with Crippen molar-refractivity contribution >= 4 is 0 Å². The minimum absolute atomic E-state index is 0.276. The summed E-state index contributed by atoms with van der Waals surface area (Å²) in [5, 5.41) is 0. The Morgan fingerprint density at radius 3 is 0.720 bits per heavy atom. The van der Waals surface area contributed by atoms with Crippen LogP contribution in [0.15, 0.2) is 109 Å². The Bertz CT molecular complexity index is 1840. The van der Waals surface area contributed by atoms with Crippen LogP contribution in [0.2, 0.25) is 0 Å². The molecule has 256 valence electrons. The molecule has 0 heteroatoms. The molecule has 0 N–H and O–H groups in total. The second-order valence-electron chi connectivity index (χ2n) is 14.9. The molecule has 6 aromatic carbocycles. The zero-order chi connectivity index (χ0) is 36.3. The molecule has 0 spiro atoms. The molecule has 0 nitrogen and oxygen atoms in total. The first-order valence-electron chi connectivity index (χ1n) is 18.2. The topological polar surface area (TPSA) is 0 Å². The van der Waals surface area contributed by atoms with Crippen LogP contribution in [-0.4, -0.2) is 0 Å². The van der Waals surface area contributed by atoms with Gasteiger partial charge in [-0.1, -0.05) is 131 Å². The maximum atomic E-state index is 2.37. The van der Waals surface area contributed by atoms with Gasteiger partial charge in [0.05, 0.1) is 0 Å². The van der Waals surface area contributed by atoms with Gasteiger partial charge in [-0.05, 0) is 161 Å². The zero-order valence-corrected chi connectivity index (χ0v) is 32.5. The number of aryl methyl sites for hydroxylation is 8. The third-order valence-corrected chi connectivity index (χ3v) is 10.9. The van der Waals surface area contributed by atoms with Crippen LogP contribution in [0.4, 0.5) is 0 Å². The number of hydrogen-bond acceptors (Lipinski definition) is 0. The Kier molecular flexibility index (Phi) is 11.3. The highest BCUT2D eigenvalue weighted by Gasteiger charge is 2.24. The molecule has 0 saturated carbocycles. The van der Waals surface area contributed by atoms with Crippen molar-refractivity contribution in [2.75, 3.05) is 0 Å². The van der Waals surface area contributed by atoms with Crippen molar-refractivity contribution in [1.82, 2.24) is 0 Å². The molecule has 0 unspecified atom stereocenters. The quantitative estimate of drug-likeness (QED) is 0.157. The lowest BCUT2D eigenvalue weighted by molar-refractivity contribution is 0.934. The Hall–Kier alpha value is -4.68. The van der Waals surface area contributed by atoms with E-state index in [0.29, 0.717) is 0 Å². The van der Waals surface area contributed by atoms with Crippen molar-refractivity contribution in [3.05, 3.63) is 209 Å². The molecule has 0 bridgehead atoms. The second kappa shape index (κ2) is 15.5. The maximum absolute atomic E-state index is 2.37. The Balaban J connectivity index is 0.000000194. The van der Waals surface area contributed by atoms with Gasteiger partial charge in [-0.2, -0.15) is 0 Å². The summed E-state index contributed by atoms with van der Waals surface area (Å²) in [6.07, 6.45) is 0. The molecule has 0 heterocycles. The maximum Gasteiger partial charge on any atom is 0.0345 e. The average molecular weight is 657 g/mol. The molecule has 0 aliphatic carbocycles. The minimum atomic E-state index is 0.276. The lowest BCUT2D eigenvalue weighted by Gasteiger charge is -2.25. The van der Waals surface area contributed by atoms with Crippen LogP contribution in [-0.2, 0) is 0 Å². The highest BCUT2D eigenvalue weighted by atomic mass is 14.3. The Labute approximate surface area is 303 Å². The molecule has 6 aromatic rings. The van der Waals surface area contributed by atoms with Gasteiger partial charge in [0.25, 0.3) is 0 Å². The van der Waals surface area contributed by atoms with E-state index < -0.39 is 0 Å². The van der Waals surface area contributed by atoms with E-state index in [1.807, 2.05) is 0 Å². The standard InChI is InChI=1S/2C25H28/c2*1-16-12-18(3)20(5)23(14-16)25(22-10-8-7-9-11-22)24-15-17(2)13-19(4)21(24)6/h2*7-15,25H,1-6H3. The summed E-state index contributed by atoms with van der Waals surface area (Å²) in [5.74, 6) is 0.553. The van der Waals surface area contributed by atoms with Crippen LogP contribution in [0.5, 0.6) is 0 Å². The van der Waals surface area contributed by atoms with Crippen molar-refractivity contribution in [3.63, 3.8) is 0 Å². The smallest absolute Gasteiger partial charge is 0.0345 e. The highest BCUT2D eigenvalue weighted by Crippen LogP contribution is 2.39. The number of rotatable bonds is 6. The van der Waals surface area contributed by atoms with Crippen LogP contribution in [0, 0.1) is 83.1 Å². The first-order valence-corrected chi connectivity index (χ1v) is 18.2. The third kappa shape index (κ3) is 7.87. The van der Waals surface area contributed by atoms with E-state index in [1.54, 1.807) is 0 Å². The molecule has 0 radical (unpaired) electrons. The van der Waals surface area contributed by atoms with Crippen molar-refractivity contribution < 1.29 is 0 Å². The average Bonchev–Trinajstić information content (AvgIpc) is 3.07. The van der Waals surface area contributed by atoms with Crippen LogP contribution in [0.25, 0.3) is 0 Å². The van der Waals surface area contributed by atoms with Gasteiger partial charge in [0.1, 0.15) is 0 Å². The second-order valence-corrected chi connectivity index (χ2v) is 14.9. The first-order chi connectivity index (χ1) is 23.8. The fourth-order valence-electron chi connectivity index (χ4n) is 7.83. The van der Waals surface area contributed by atoms with E-state index in [-0.39, 0.29) is 11.8 Å². The molecule has 50 heavy (non-hydrogen) atoms. The lowest BCUT2D eigenvalue weighted by atomic mass is 9.78. The van der Waals surface area contributed by atoms with E-state index in [0.717, 1.165) is 0 Å². The van der Waals surface area contributed by atoms with E-state index in [1.165, 1.54) is 100 Å². The molecule has 0 aliphatic heterocycles. The molecule has 0 aliphatic rings. The fraction of sp³-hybridized carbons (Fsp3) is 0.280. The van der Waals surface area contributed by atoms with E-state index in [4.69, 9.17) is 0 Å². The van der Waals surface area contributed by atoms with Crippen molar-refractivity contribution in [3.8, 4) is 0 Å². The molecule has 0 aromatic heterocycles. The summed E-state index contributed by atoms with van der Waals surface area (Å²) < 4.78 is 0. The number of benzene rings is 6. The zero-order valence-electron chi connectivity index (χ0n) is 32.5. The summed E-state index contributed by atoms with van der Waals surface area (Å²) in [6.45, 7) is 26.7. The van der Waals surface area contributed by atoms with Crippen LogP contribution >= 0.6 is 0 Å². The van der Waals surface area contributed by atoms with Gasteiger partial charge in [0, 0.05) is 11.8 Å². The summed E-state index contributed by atoms with van der Waals surface area (Å²) in [4.78, 5) is 0. The highest BCUT2D eigenvalue weighted by molar-refractivity contribution is 5.55. The Morgan fingerprint density at radius 1 is 0.280 bits per heavy atom. The van der Waals surface area contributed by atoms with E-state index >= 15 is 0 Å². The Morgan fingerprint density at radius 2 is 0.500 bits per heavy atom. The van der Waals surface area contributed by atoms with Crippen LogP contribution in [0.3, 0.4) is 0 Å². The van der Waals surface area contributed by atoms with Gasteiger partial charge in [-0.15, -0.1) is 0 Å². The van der Waals surface area contributed by atoms with Gasteiger partial charge >= 0.3 is 0 Å². The van der Waals surface area contributed by atoms with Gasteiger partial charge in [-0.3, -0.25) is 0 Å². The summed E-state index contributed by atoms with van der Waals surface area (Å²) in [6, 6.07) is 40.5. The van der Waals surface area contributed by atoms with Crippen LogP contribution in [0.1, 0.15) is 112 Å².